The van der Waals surface area contributed by atoms with Crippen LogP contribution in [0.1, 0.15) is 74.9 Å². The molecule has 55 heavy (non-hydrogen) atoms. The van der Waals surface area contributed by atoms with E-state index < -0.39 is 0 Å². The molecule has 0 atom stereocenters. The largest absolute Gasteiger partial charge is 0.309 e. The highest BCUT2D eigenvalue weighted by atomic mass is 32.2. The number of rotatable bonds is 3. The predicted octanol–water partition coefficient (Wildman–Crippen LogP) is 14.9. The van der Waals surface area contributed by atoms with Gasteiger partial charge in [-0.2, -0.15) is 0 Å². The summed E-state index contributed by atoms with van der Waals surface area (Å²) in [5.41, 5.74) is 17.1. The van der Waals surface area contributed by atoms with Crippen molar-refractivity contribution in [1.82, 2.24) is 0 Å². The average molecular weight is 726 g/mol. The van der Waals surface area contributed by atoms with Gasteiger partial charge in [0.25, 0.3) is 0 Å². The van der Waals surface area contributed by atoms with E-state index in [-0.39, 0.29) is 16.2 Å². The molecule has 8 aromatic carbocycles. The van der Waals surface area contributed by atoms with Crippen LogP contribution in [0.5, 0.6) is 0 Å². The lowest BCUT2D eigenvalue weighted by Crippen LogP contribution is -2.24. The lowest BCUT2D eigenvalue weighted by atomic mass is 9.75. The monoisotopic (exact) mass is 725 g/mol. The van der Waals surface area contributed by atoms with Crippen LogP contribution in [0.15, 0.2) is 161 Å². The average Bonchev–Trinajstić information content (AvgIpc) is 3.57. The fraction of sp³-hybridized carbons (Fsp3) is 0.170. The van der Waals surface area contributed by atoms with Crippen molar-refractivity contribution in [2.24, 2.45) is 0 Å². The summed E-state index contributed by atoms with van der Waals surface area (Å²) in [6, 6.07) is 57.5. The zero-order valence-electron chi connectivity index (χ0n) is 32.3. The standard InChI is InChI=1S/C53H43NS/c1-51(2)41-20-12-11-19-38(41)39-25-23-34(30-45(39)51)54(49-36-17-9-7-15-32(36)29-33-16-8-10-18-37(33)49)35-24-26-40-46(31-35)53(5,6)43-27-28-44-50(48(40)43)55-47-22-14-13-21-42(47)52(44,3)4/h7-31H,1-6H3. The molecular weight excluding hydrogens is 683 g/mol. The highest BCUT2D eigenvalue weighted by Crippen LogP contribution is 2.60. The molecule has 0 N–H and O–H groups in total. The first-order chi connectivity index (χ1) is 26.5. The fourth-order valence-corrected chi connectivity index (χ4v) is 11.9. The van der Waals surface area contributed by atoms with Crippen LogP contribution >= 0.6 is 11.8 Å². The first-order valence-corrected chi connectivity index (χ1v) is 20.4. The smallest absolute Gasteiger partial charge is 0.0618 e. The normalized spacial score (nSPS) is 16.2. The van der Waals surface area contributed by atoms with Crippen LogP contribution in [0.25, 0.3) is 43.8 Å². The van der Waals surface area contributed by atoms with Crippen molar-refractivity contribution in [3.8, 4) is 22.3 Å². The summed E-state index contributed by atoms with van der Waals surface area (Å²) in [6.07, 6.45) is 0. The van der Waals surface area contributed by atoms with Crippen molar-refractivity contribution in [3.63, 3.8) is 0 Å². The molecule has 0 spiro atoms. The van der Waals surface area contributed by atoms with E-state index in [1.165, 1.54) is 104 Å². The van der Waals surface area contributed by atoms with Gasteiger partial charge in [0.2, 0.25) is 0 Å². The molecule has 0 saturated carbocycles. The number of hydrogen-bond donors (Lipinski definition) is 0. The maximum atomic E-state index is 2.56. The van der Waals surface area contributed by atoms with Crippen molar-refractivity contribution in [1.29, 1.82) is 0 Å². The Bertz CT molecular complexity index is 2890. The molecule has 2 aliphatic carbocycles. The minimum Gasteiger partial charge on any atom is -0.309 e. The van der Waals surface area contributed by atoms with E-state index in [1.807, 2.05) is 11.8 Å². The Morgan fingerprint density at radius 2 is 0.909 bits per heavy atom. The minimum absolute atomic E-state index is 0.0771. The molecule has 266 valence electrons. The van der Waals surface area contributed by atoms with Gasteiger partial charge in [-0.25, -0.2) is 0 Å². The highest BCUT2D eigenvalue weighted by Gasteiger charge is 2.43. The summed E-state index contributed by atoms with van der Waals surface area (Å²) < 4.78 is 0. The van der Waals surface area contributed by atoms with Gasteiger partial charge in [0.05, 0.1) is 5.69 Å². The first kappa shape index (κ1) is 32.8. The Balaban J connectivity index is 1.17. The van der Waals surface area contributed by atoms with Crippen molar-refractivity contribution in [2.75, 3.05) is 4.90 Å². The van der Waals surface area contributed by atoms with Crippen LogP contribution in [0.3, 0.4) is 0 Å². The van der Waals surface area contributed by atoms with Crippen molar-refractivity contribution in [2.45, 2.75) is 67.6 Å². The third-order valence-corrected chi connectivity index (χ3v) is 14.5. The van der Waals surface area contributed by atoms with Crippen molar-refractivity contribution >= 4 is 50.4 Å². The molecule has 0 fully saturated rings. The molecule has 11 rings (SSSR count). The predicted molar refractivity (Wildman–Crippen MR) is 234 cm³/mol. The van der Waals surface area contributed by atoms with Gasteiger partial charge in [-0.05, 0) is 97.2 Å². The second kappa shape index (κ2) is 11.2. The van der Waals surface area contributed by atoms with E-state index >= 15 is 0 Å². The third-order valence-electron chi connectivity index (χ3n) is 13.3. The fourth-order valence-electron chi connectivity index (χ4n) is 10.3. The number of nitrogens with zero attached hydrogens (tertiary/aromatic N) is 1. The Hall–Kier alpha value is -5.57. The zero-order valence-corrected chi connectivity index (χ0v) is 33.1. The summed E-state index contributed by atoms with van der Waals surface area (Å²) in [5.74, 6) is 0. The molecular formula is C53H43NS. The van der Waals surface area contributed by atoms with Crippen LogP contribution in [0, 0.1) is 0 Å². The lowest BCUT2D eigenvalue weighted by molar-refractivity contribution is 0.604. The molecule has 0 bridgehead atoms. The highest BCUT2D eigenvalue weighted by molar-refractivity contribution is 7.99. The van der Waals surface area contributed by atoms with Crippen LogP contribution < -0.4 is 4.90 Å². The van der Waals surface area contributed by atoms with Crippen molar-refractivity contribution < 1.29 is 0 Å². The number of benzene rings is 8. The number of anilines is 3. The summed E-state index contributed by atoms with van der Waals surface area (Å²) in [5, 5.41) is 4.99. The first-order valence-electron chi connectivity index (χ1n) is 19.6. The Morgan fingerprint density at radius 1 is 0.400 bits per heavy atom. The van der Waals surface area contributed by atoms with E-state index in [1.54, 1.807) is 0 Å². The quantitative estimate of drug-likeness (QED) is 0.167. The zero-order chi connectivity index (χ0) is 37.4. The van der Waals surface area contributed by atoms with E-state index in [0.717, 1.165) is 0 Å². The summed E-state index contributed by atoms with van der Waals surface area (Å²) in [7, 11) is 0. The number of fused-ring (bicyclic) bond motifs is 11. The van der Waals surface area contributed by atoms with Gasteiger partial charge < -0.3 is 4.90 Å². The van der Waals surface area contributed by atoms with Gasteiger partial charge in [-0.3, -0.25) is 0 Å². The van der Waals surface area contributed by atoms with Crippen LogP contribution in [0.4, 0.5) is 17.1 Å². The molecule has 0 aromatic heterocycles. The molecule has 0 unspecified atom stereocenters. The van der Waals surface area contributed by atoms with Gasteiger partial charge in [-0.15, -0.1) is 0 Å². The molecule has 1 heterocycles. The van der Waals surface area contributed by atoms with E-state index in [4.69, 9.17) is 0 Å². The maximum absolute atomic E-state index is 2.56. The molecule has 0 radical (unpaired) electrons. The SMILES string of the molecule is CC1(C)c2ccccc2-c2ccc(N(c3ccc4c(c3)C(C)(C)c3ccc5c(c3-4)Sc3ccccc3C5(C)C)c3c4ccccc4cc4ccccc34)cc21. The van der Waals surface area contributed by atoms with Gasteiger partial charge in [0, 0.05) is 53.7 Å². The topological polar surface area (TPSA) is 3.24 Å². The third kappa shape index (κ3) is 4.43. The van der Waals surface area contributed by atoms with Crippen LogP contribution in [-0.4, -0.2) is 0 Å². The molecule has 2 heteroatoms. The van der Waals surface area contributed by atoms with Crippen molar-refractivity contribution in [3.05, 3.63) is 185 Å². The Kier molecular flexibility index (Phi) is 6.71. The second-order valence-corrected chi connectivity index (χ2v) is 18.4. The Labute approximate surface area is 328 Å². The molecule has 1 nitrogen and oxygen atoms in total. The summed E-state index contributed by atoms with van der Waals surface area (Å²) >= 11 is 1.96. The van der Waals surface area contributed by atoms with Crippen LogP contribution in [-0.2, 0) is 16.2 Å². The summed E-state index contributed by atoms with van der Waals surface area (Å²) in [6.45, 7) is 14.4. The number of hydrogen-bond acceptors (Lipinski definition) is 2. The van der Waals surface area contributed by atoms with Crippen LogP contribution in [0.2, 0.25) is 0 Å². The van der Waals surface area contributed by atoms with E-state index in [2.05, 4.69) is 198 Å². The Morgan fingerprint density at radius 3 is 1.62 bits per heavy atom. The van der Waals surface area contributed by atoms with Gasteiger partial charge in [0.1, 0.15) is 0 Å². The maximum Gasteiger partial charge on any atom is 0.0618 e. The summed E-state index contributed by atoms with van der Waals surface area (Å²) in [4.78, 5) is 5.34. The molecule has 0 saturated heterocycles. The van der Waals surface area contributed by atoms with Gasteiger partial charge in [0.15, 0.2) is 0 Å². The minimum atomic E-state index is -0.175. The van der Waals surface area contributed by atoms with E-state index in [9.17, 15) is 0 Å². The lowest BCUT2D eigenvalue weighted by Gasteiger charge is -2.36. The van der Waals surface area contributed by atoms with Gasteiger partial charge >= 0.3 is 0 Å². The molecule has 1 aliphatic heterocycles. The van der Waals surface area contributed by atoms with E-state index in [0.29, 0.717) is 0 Å². The molecule has 8 aromatic rings. The molecule has 0 amide bonds. The second-order valence-electron chi connectivity index (χ2n) is 17.3. The molecule has 3 aliphatic rings. The van der Waals surface area contributed by atoms with Gasteiger partial charge in [-0.1, -0.05) is 169 Å².